The summed E-state index contributed by atoms with van der Waals surface area (Å²) in [6.07, 6.45) is 2.44. The molecule has 178 valence electrons. The smallest absolute Gasteiger partial charge is 0.264 e. The fourth-order valence-electron chi connectivity index (χ4n) is 4.20. The maximum absolute atomic E-state index is 13.4. The molecule has 0 saturated carbocycles. The summed E-state index contributed by atoms with van der Waals surface area (Å²) < 4.78 is 28.0. The Hall–Kier alpha value is -3.32. The third-order valence-electron chi connectivity index (χ3n) is 6.18. The normalized spacial score (nSPS) is 14.6. The average molecular weight is 478 g/mol. The van der Waals surface area contributed by atoms with Gasteiger partial charge in [-0.05, 0) is 68.7 Å². The highest BCUT2D eigenvalue weighted by atomic mass is 32.2. The number of carbonyl (C=O) groups excluding carboxylic acids is 1. The number of hydrogen-bond acceptors (Lipinski definition) is 4. The van der Waals surface area contributed by atoms with Crippen LogP contribution in [0.15, 0.2) is 83.8 Å². The van der Waals surface area contributed by atoms with Crippen LogP contribution in [0, 0.1) is 6.92 Å². The lowest BCUT2D eigenvalue weighted by molar-refractivity contribution is -0.120. The van der Waals surface area contributed by atoms with Crippen molar-refractivity contribution >= 4 is 27.3 Å². The molecule has 1 aliphatic rings. The van der Waals surface area contributed by atoms with Gasteiger partial charge in [-0.2, -0.15) is 0 Å². The van der Waals surface area contributed by atoms with Gasteiger partial charge in [-0.1, -0.05) is 48.0 Å². The van der Waals surface area contributed by atoms with E-state index in [0.717, 1.165) is 28.5 Å². The van der Waals surface area contributed by atoms with Crippen LogP contribution in [0.3, 0.4) is 0 Å². The topological polar surface area (TPSA) is 69.7 Å². The number of rotatable bonds is 8. The number of carbonyl (C=O) groups is 1. The quantitative estimate of drug-likeness (QED) is 0.512. The van der Waals surface area contributed by atoms with Crippen LogP contribution in [-0.4, -0.2) is 34.0 Å². The van der Waals surface area contributed by atoms with Crippen molar-refractivity contribution in [1.29, 1.82) is 0 Å². The summed E-state index contributed by atoms with van der Waals surface area (Å²) in [4.78, 5) is 15.5. The number of amides is 1. The van der Waals surface area contributed by atoms with Gasteiger partial charge in [-0.15, -0.1) is 0 Å². The molecule has 0 spiro atoms. The van der Waals surface area contributed by atoms with Crippen LogP contribution in [0.5, 0.6) is 0 Å². The molecule has 0 radical (unpaired) electrons. The summed E-state index contributed by atoms with van der Waals surface area (Å²) in [6, 6.07) is 23.3. The Kier molecular flexibility index (Phi) is 7.22. The van der Waals surface area contributed by atoms with Crippen LogP contribution in [-0.2, 0) is 14.8 Å². The molecule has 1 N–H and O–H groups in total. The fraction of sp³-hybridized carbons (Fsp3) is 0.296. The molecule has 3 aromatic carbocycles. The van der Waals surface area contributed by atoms with Crippen molar-refractivity contribution in [2.45, 2.75) is 37.6 Å². The highest BCUT2D eigenvalue weighted by Gasteiger charge is 2.27. The number of hydrogen-bond donors (Lipinski definition) is 1. The van der Waals surface area contributed by atoms with Crippen molar-refractivity contribution in [1.82, 2.24) is 5.32 Å². The maximum atomic E-state index is 13.4. The number of nitrogens with one attached hydrogen (secondary N) is 1. The highest BCUT2D eigenvalue weighted by Crippen LogP contribution is 2.25. The largest absolute Gasteiger partial charge is 0.372 e. The molecule has 34 heavy (non-hydrogen) atoms. The van der Waals surface area contributed by atoms with Crippen molar-refractivity contribution in [3.63, 3.8) is 0 Å². The lowest BCUT2D eigenvalue weighted by Crippen LogP contribution is -2.41. The Bertz CT molecular complexity index is 1200. The van der Waals surface area contributed by atoms with Crippen LogP contribution in [0.4, 0.5) is 11.4 Å². The first-order valence-corrected chi connectivity index (χ1v) is 13.1. The van der Waals surface area contributed by atoms with Crippen LogP contribution in [0.2, 0.25) is 0 Å². The zero-order valence-corrected chi connectivity index (χ0v) is 20.5. The maximum Gasteiger partial charge on any atom is 0.264 e. The molecule has 0 bridgehead atoms. The Morgan fingerprint density at radius 3 is 2.18 bits per heavy atom. The molecule has 1 heterocycles. The second kappa shape index (κ2) is 10.3. The number of nitrogens with zero attached hydrogens (tertiary/aromatic N) is 2. The van der Waals surface area contributed by atoms with Crippen molar-refractivity contribution in [2.24, 2.45) is 0 Å². The summed E-state index contributed by atoms with van der Waals surface area (Å²) in [6.45, 7) is 5.66. The SMILES string of the molecule is Cc1ccc(S(=O)(=O)N(CC(=O)NC(C)c2ccc(N3CCCC3)cc2)c2ccccc2)cc1. The van der Waals surface area contributed by atoms with Crippen LogP contribution in [0.1, 0.15) is 36.9 Å². The van der Waals surface area contributed by atoms with E-state index in [0.29, 0.717) is 5.69 Å². The summed E-state index contributed by atoms with van der Waals surface area (Å²) in [5, 5.41) is 2.96. The third-order valence-corrected chi connectivity index (χ3v) is 7.97. The van der Waals surface area contributed by atoms with Gasteiger partial charge >= 0.3 is 0 Å². The van der Waals surface area contributed by atoms with E-state index < -0.39 is 10.0 Å². The minimum Gasteiger partial charge on any atom is -0.372 e. The van der Waals surface area contributed by atoms with Crippen LogP contribution in [0.25, 0.3) is 0 Å². The number of benzene rings is 3. The first-order chi connectivity index (χ1) is 16.3. The van der Waals surface area contributed by atoms with Gasteiger partial charge in [0.1, 0.15) is 6.54 Å². The first-order valence-electron chi connectivity index (χ1n) is 11.6. The van der Waals surface area contributed by atoms with E-state index >= 15 is 0 Å². The second-order valence-corrected chi connectivity index (χ2v) is 10.6. The summed E-state index contributed by atoms with van der Waals surface area (Å²) in [5.74, 6) is -0.365. The third kappa shape index (κ3) is 5.42. The van der Waals surface area contributed by atoms with Crippen LogP contribution >= 0.6 is 0 Å². The number of anilines is 2. The molecule has 1 atom stereocenters. The van der Waals surface area contributed by atoms with Gasteiger partial charge in [0.05, 0.1) is 16.6 Å². The van der Waals surface area contributed by atoms with E-state index in [1.807, 2.05) is 32.0 Å². The zero-order valence-electron chi connectivity index (χ0n) is 19.6. The predicted octanol–water partition coefficient (Wildman–Crippen LogP) is 4.67. The van der Waals surface area contributed by atoms with E-state index in [-0.39, 0.29) is 23.4 Å². The number of para-hydroxylation sites is 1. The Morgan fingerprint density at radius 2 is 1.56 bits per heavy atom. The van der Waals surface area contributed by atoms with Crippen molar-refractivity contribution in [3.05, 3.63) is 90.0 Å². The lowest BCUT2D eigenvalue weighted by atomic mass is 10.1. The molecule has 1 unspecified atom stereocenters. The van der Waals surface area contributed by atoms with Gasteiger partial charge < -0.3 is 10.2 Å². The van der Waals surface area contributed by atoms with Gasteiger partial charge in [0.25, 0.3) is 10.0 Å². The first kappa shape index (κ1) is 23.8. The molecule has 7 heteroatoms. The van der Waals surface area contributed by atoms with Crippen molar-refractivity contribution in [3.8, 4) is 0 Å². The van der Waals surface area contributed by atoms with Crippen molar-refractivity contribution in [2.75, 3.05) is 28.8 Å². The predicted molar refractivity (Wildman–Crippen MR) is 137 cm³/mol. The summed E-state index contributed by atoms with van der Waals surface area (Å²) >= 11 is 0. The molecule has 1 saturated heterocycles. The Morgan fingerprint density at radius 1 is 0.941 bits per heavy atom. The molecule has 0 aliphatic carbocycles. The highest BCUT2D eigenvalue weighted by molar-refractivity contribution is 7.92. The van der Waals surface area contributed by atoms with Gasteiger partial charge in [0.2, 0.25) is 5.91 Å². The van der Waals surface area contributed by atoms with Gasteiger partial charge in [0, 0.05) is 18.8 Å². The molecule has 4 rings (SSSR count). The second-order valence-electron chi connectivity index (χ2n) is 8.74. The van der Waals surface area contributed by atoms with E-state index in [4.69, 9.17) is 0 Å². The van der Waals surface area contributed by atoms with E-state index in [1.54, 1.807) is 48.5 Å². The molecular formula is C27H31N3O3S. The van der Waals surface area contributed by atoms with E-state index in [1.165, 1.54) is 18.5 Å². The van der Waals surface area contributed by atoms with Gasteiger partial charge in [-0.25, -0.2) is 8.42 Å². The molecular weight excluding hydrogens is 446 g/mol. The fourth-order valence-corrected chi connectivity index (χ4v) is 5.62. The molecule has 1 amide bonds. The molecule has 0 aromatic heterocycles. The van der Waals surface area contributed by atoms with Gasteiger partial charge in [-0.3, -0.25) is 9.10 Å². The van der Waals surface area contributed by atoms with Crippen molar-refractivity contribution < 1.29 is 13.2 Å². The Balaban J connectivity index is 1.50. The molecule has 3 aromatic rings. The lowest BCUT2D eigenvalue weighted by Gasteiger charge is -2.25. The minimum atomic E-state index is -3.91. The molecule has 1 fully saturated rings. The molecule has 1 aliphatic heterocycles. The summed E-state index contributed by atoms with van der Waals surface area (Å²) in [7, 11) is -3.91. The summed E-state index contributed by atoms with van der Waals surface area (Å²) in [5.41, 5.74) is 3.58. The monoisotopic (exact) mass is 477 g/mol. The van der Waals surface area contributed by atoms with Crippen LogP contribution < -0.4 is 14.5 Å². The number of sulfonamides is 1. The van der Waals surface area contributed by atoms with Gasteiger partial charge in [0.15, 0.2) is 0 Å². The minimum absolute atomic E-state index is 0.153. The van der Waals surface area contributed by atoms with E-state index in [2.05, 4.69) is 22.3 Å². The average Bonchev–Trinajstić information content (AvgIpc) is 3.38. The zero-order chi connectivity index (χ0) is 24.1. The van der Waals surface area contributed by atoms with E-state index in [9.17, 15) is 13.2 Å². The number of aryl methyl sites for hydroxylation is 1. The standard InChI is InChI=1S/C27H31N3O3S/c1-21-10-16-26(17-11-21)34(32,33)30(25-8-4-3-5-9-25)20-27(31)28-22(2)23-12-14-24(15-13-23)29-18-6-7-19-29/h3-5,8-17,22H,6-7,18-20H2,1-2H3,(H,28,31). The Labute approximate surface area is 202 Å². The molecule has 6 nitrogen and oxygen atoms in total.